The van der Waals surface area contributed by atoms with Gasteiger partial charge in [0.2, 0.25) is 0 Å². The van der Waals surface area contributed by atoms with Gasteiger partial charge >= 0.3 is 5.97 Å². The number of hydrogen-bond donors (Lipinski definition) is 2. The molecule has 2 aromatic rings. The highest BCUT2D eigenvalue weighted by Gasteiger charge is 2.12. The molecule has 2 rings (SSSR count). The van der Waals surface area contributed by atoms with Gasteiger partial charge in [-0.2, -0.15) is 0 Å². The molecule has 0 aliphatic rings. The zero-order chi connectivity index (χ0) is 16.1. The third-order valence-corrected chi connectivity index (χ3v) is 3.48. The SMILES string of the molecule is COC(=O)c1cc(Cc2ccc(C(C)OO)cc2)ccc1O. The smallest absolute Gasteiger partial charge is 0.341 e. The molecule has 5 nitrogen and oxygen atoms in total. The van der Waals surface area contributed by atoms with Crippen LogP contribution in [0.4, 0.5) is 0 Å². The Balaban J connectivity index is 2.18. The molecule has 0 bridgehead atoms. The van der Waals surface area contributed by atoms with E-state index in [9.17, 15) is 9.90 Å². The molecular weight excluding hydrogens is 284 g/mol. The number of phenolic OH excluding ortho intramolecular Hbond substituents is 1. The number of methoxy groups -OCH3 is 1. The van der Waals surface area contributed by atoms with E-state index < -0.39 is 5.97 Å². The van der Waals surface area contributed by atoms with Crippen molar-refractivity contribution < 1.29 is 24.8 Å². The minimum Gasteiger partial charge on any atom is -0.507 e. The number of ether oxygens (including phenoxy) is 1. The molecular formula is C17H18O5. The first-order valence-corrected chi connectivity index (χ1v) is 6.84. The lowest BCUT2D eigenvalue weighted by Crippen LogP contribution is -2.03. The molecule has 2 N–H and O–H groups in total. The standard InChI is InChI=1S/C17H18O5/c1-11(22-20)14-6-3-12(4-7-14)9-13-5-8-16(18)15(10-13)17(19)21-2/h3-8,10-11,18,20H,9H2,1-2H3. The van der Waals surface area contributed by atoms with E-state index in [0.717, 1.165) is 16.7 Å². The number of rotatable bonds is 5. The van der Waals surface area contributed by atoms with Crippen molar-refractivity contribution in [3.8, 4) is 5.75 Å². The van der Waals surface area contributed by atoms with E-state index in [1.165, 1.54) is 13.2 Å². The van der Waals surface area contributed by atoms with Crippen LogP contribution in [-0.2, 0) is 16.0 Å². The van der Waals surface area contributed by atoms with Crippen molar-refractivity contribution in [2.75, 3.05) is 7.11 Å². The third kappa shape index (κ3) is 3.63. The van der Waals surface area contributed by atoms with Crippen LogP contribution in [0.3, 0.4) is 0 Å². The van der Waals surface area contributed by atoms with E-state index in [2.05, 4.69) is 9.62 Å². The van der Waals surface area contributed by atoms with Crippen LogP contribution in [-0.4, -0.2) is 23.4 Å². The first kappa shape index (κ1) is 16.0. The van der Waals surface area contributed by atoms with Gasteiger partial charge in [-0.25, -0.2) is 9.68 Å². The second-order valence-corrected chi connectivity index (χ2v) is 5.01. The van der Waals surface area contributed by atoms with Crippen molar-refractivity contribution in [3.05, 3.63) is 64.7 Å². The van der Waals surface area contributed by atoms with Crippen LogP contribution >= 0.6 is 0 Å². The first-order chi connectivity index (χ1) is 10.5. The highest BCUT2D eigenvalue weighted by atomic mass is 17.1. The van der Waals surface area contributed by atoms with Gasteiger partial charge in [0.1, 0.15) is 17.4 Å². The molecule has 1 atom stereocenters. The minimum atomic E-state index is -0.566. The molecule has 0 aliphatic carbocycles. The molecule has 22 heavy (non-hydrogen) atoms. The quantitative estimate of drug-likeness (QED) is 0.503. The van der Waals surface area contributed by atoms with Crippen LogP contribution in [0.15, 0.2) is 42.5 Å². The molecule has 0 radical (unpaired) electrons. The topological polar surface area (TPSA) is 76.0 Å². The zero-order valence-electron chi connectivity index (χ0n) is 12.4. The fraction of sp³-hybridized carbons (Fsp3) is 0.235. The van der Waals surface area contributed by atoms with Crippen molar-refractivity contribution in [1.29, 1.82) is 0 Å². The highest BCUT2D eigenvalue weighted by molar-refractivity contribution is 5.92. The van der Waals surface area contributed by atoms with Crippen molar-refractivity contribution in [3.63, 3.8) is 0 Å². The lowest BCUT2D eigenvalue weighted by molar-refractivity contribution is -0.277. The molecule has 5 heteroatoms. The lowest BCUT2D eigenvalue weighted by Gasteiger charge is -2.09. The van der Waals surface area contributed by atoms with Crippen molar-refractivity contribution in [2.24, 2.45) is 0 Å². The first-order valence-electron chi connectivity index (χ1n) is 6.84. The fourth-order valence-corrected chi connectivity index (χ4v) is 2.17. The number of carbonyl (C=O) groups excluding carboxylic acids is 1. The van der Waals surface area contributed by atoms with Gasteiger partial charge in [0.25, 0.3) is 0 Å². The Morgan fingerprint density at radius 3 is 2.36 bits per heavy atom. The summed E-state index contributed by atoms with van der Waals surface area (Å²) in [6.07, 6.45) is 0.229. The summed E-state index contributed by atoms with van der Waals surface area (Å²) in [5.74, 6) is -0.663. The molecule has 0 saturated heterocycles. The van der Waals surface area contributed by atoms with Crippen LogP contribution in [0, 0.1) is 0 Å². The van der Waals surface area contributed by atoms with Crippen molar-refractivity contribution in [1.82, 2.24) is 0 Å². The Morgan fingerprint density at radius 2 is 1.77 bits per heavy atom. The van der Waals surface area contributed by atoms with E-state index in [0.29, 0.717) is 6.42 Å². The fourth-order valence-electron chi connectivity index (χ4n) is 2.17. The van der Waals surface area contributed by atoms with Gasteiger partial charge in [-0.05, 0) is 42.2 Å². The summed E-state index contributed by atoms with van der Waals surface area (Å²) in [4.78, 5) is 15.9. The predicted octanol–water partition coefficient (Wildman–Crippen LogP) is 3.32. The second-order valence-electron chi connectivity index (χ2n) is 5.01. The summed E-state index contributed by atoms with van der Waals surface area (Å²) in [5, 5.41) is 18.3. The maximum Gasteiger partial charge on any atom is 0.341 e. The molecule has 0 fully saturated rings. The largest absolute Gasteiger partial charge is 0.507 e. The molecule has 1 unspecified atom stereocenters. The molecule has 0 amide bonds. The number of aromatic hydroxyl groups is 1. The molecule has 0 saturated carbocycles. The number of phenols is 1. The van der Waals surface area contributed by atoms with E-state index in [-0.39, 0.29) is 17.4 Å². The predicted molar refractivity (Wildman–Crippen MR) is 80.8 cm³/mol. The summed E-state index contributed by atoms with van der Waals surface area (Å²) in [6.45, 7) is 1.75. The molecule has 0 aliphatic heterocycles. The van der Waals surface area contributed by atoms with E-state index in [4.69, 9.17) is 5.26 Å². The molecule has 116 valence electrons. The molecule has 0 aromatic heterocycles. The summed E-state index contributed by atoms with van der Waals surface area (Å²) in [5.41, 5.74) is 2.94. The van der Waals surface area contributed by atoms with Gasteiger partial charge in [0.05, 0.1) is 7.11 Å². The minimum absolute atomic E-state index is 0.0973. The second kappa shape index (κ2) is 7.06. The molecule has 2 aromatic carbocycles. The van der Waals surface area contributed by atoms with Crippen LogP contribution in [0.1, 0.15) is 40.1 Å². The molecule has 0 heterocycles. The Morgan fingerprint density at radius 1 is 1.14 bits per heavy atom. The maximum atomic E-state index is 11.6. The number of benzene rings is 2. The Hall–Kier alpha value is -2.37. The van der Waals surface area contributed by atoms with Gasteiger partial charge in [-0.1, -0.05) is 30.3 Å². The summed E-state index contributed by atoms with van der Waals surface area (Å²) < 4.78 is 4.64. The van der Waals surface area contributed by atoms with Crippen LogP contribution in [0.25, 0.3) is 0 Å². The normalized spacial score (nSPS) is 12.0. The number of hydrogen-bond acceptors (Lipinski definition) is 5. The van der Waals surface area contributed by atoms with Crippen molar-refractivity contribution in [2.45, 2.75) is 19.4 Å². The Labute approximate surface area is 128 Å². The van der Waals surface area contributed by atoms with Gasteiger partial charge in [-0.15, -0.1) is 0 Å². The summed E-state index contributed by atoms with van der Waals surface area (Å²) in [7, 11) is 1.28. The average molecular weight is 302 g/mol. The van der Waals surface area contributed by atoms with E-state index in [1.807, 2.05) is 24.3 Å². The monoisotopic (exact) mass is 302 g/mol. The van der Waals surface area contributed by atoms with Crippen LogP contribution < -0.4 is 0 Å². The van der Waals surface area contributed by atoms with Crippen LogP contribution in [0.5, 0.6) is 5.75 Å². The third-order valence-electron chi connectivity index (χ3n) is 3.48. The van der Waals surface area contributed by atoms with Crippen LogP contribution in [0.2, 0.25) is 0 Å². The van der Waals surface area contributed by atoms with Gasteiger partial charge < -0.3 is 9.84 Å². The van der Waals surface area contributed by atoms with Gasteiger partial charge in [-0.3, -0.25) is 5.26 Å². The number of carbonyl (C=O) groups is 1. The molecule has 0 spiro atoms. The summed E-state index contributed by atoms with van der Waals surface area (Å²) in [6, 6.07) is 12.5. The zero-order valence-corrected chi connectivity index (χ0v) is 12.4. The van der Waals surface area contributed by atoms with E-state index >= 15 is 0 Å². The maximum absolute atomic E-state index is 11.6. The number of esters is 1. The Kier molecular flexibility index (Phi) is 5.14. The highest BCUT2D eigenvalue weighted by Crippen LogP contribution is 2.22. The average Bonchev–Trinajstić information content (AvgIpc) is 2.55. The van der Waals surface area contributed by atoms with E-state index in [1.54, 1.807) is 19.1 Å². The van der Waals surface area contributed by atoms with Gasteiger partial charge in [0, 0.05) is 0 Å². The van der Waals surface area contributed by atoms with Crippen molar-refractivity contribution >= 4 is 5.97 Å². The Bertz CT molecular complexity index is 649. The van der Waals surface area contributed by atoms with Gasteiger partial charge in [0.15, 0.2) is 0 Å². The lowest BCUT2D eigenvalue weighted by atomic mass is 10.0. The summed E-state index contributed by atoms with van der Waals surface area (Å²) >= 11 is 0.